The predicted octanol–water partition coefficient (Wildman–Crippen LogP) is 2.87. The smallest absolute Gasteiger partial charge is 0.323 e. The zero-order valence-electron chi connectivity index (χ0n) is 10.4. The van der Waals surface area contributed by atoms with E-state index in [4.69, 9.17) is 10.4 Å². The summed E-state index contributed by atoms with van der Waals surface area (Å²) in [7, 11) is 0. The fraction of sp³-hybridized carbons (Fsp3) is 0.385. The van der Waals surface area contributed by atoms with Gasteiger partial charge in [0.05, 0.1) is 11.3 Å². The van der Waals surface area contributed by atoms with Crippen molar-refractivity contribution in [1.82, 2.24) is 0 Å². The number of hydrogen-bond acceptors (Lipinski definition) is 3. The molecule has 0 amide bonds. The molecule has 0 aliphatic carbocycles. The fourth-order valence-electron chi connectivity index (χ4n) is 1.71. The Morgan fingerprint density at radius 2 is 2.22 bits per heavy atom. The van der Waals surface area contributed by atoms with Gasteiger partial charge in [-0.3, -0.25) is 4.79 Å². The number of halogens is 1. The maximum absolute atomic E-state index is 10.9. The molecule has 0 unspecified atom stereocenters. The second kappa shape index (κ2) is 6.41. The summed E-state index contributed by atoms with van der Waals surface area (Å²) in [5.74, 6) is -0.589. The zero-order chi connectivity index (χ0) is 13.7. The molecule has 0 fully saturated rings. The lowest BCUT2D eigenvalue weighted by atomic mass is 10.1. The molecule has 0 bridgehead atoms. The lowest BCUT2D eigenvalue weighted by Crippen LogP contribution is -2.33. The molecule has 1 N–H and O–H groups in total. The molecule has 5 heteroatoms. The van der Waals surface area contributed by atoms with Gasteiger partial charge in [0.15, 0.2) is 0 Å². The number of rotatable bonds is 5. The average molecular weight is 311 g/mol. The number of hydrogen-bond donors (Lipinski definition) is 1. The van der Waals surface area contributed by atoms with Crippen molar-refractivity contribution in [2.45, 2.75) is 13.8 Å². The van der Waals surface area contributed by atoms with Crippen LogP contribution >= 0.6 is 15.9 Å². The summed E-state index contributed by atoms with van der Waals surface area (Å²) in [6.45, 7) is 4.51. The van der Waals surface area contributed by atoms with Crippen molar-refractivity contribution >= 4 is 27.6 Å². The normalized spacial score (nSPS) is 10.2. The van der Waals surface area contributed by atoms with Gasteiger partial charge in [0.25, 0.3) is 0 Å². The summed E-state index contributed by atoms with van der Waals surface area (Å²) in [5, 5.41) is 18.0. The molecule has 0 aliphatic rings. The quantitative estimate of drug-likeness (QED) is 0.908. The van der Waals surface area contributed by atoms with Crippen molar-refractivity contribution in [3.8, 4) is 6.07 Å². The van der Waals surface area contributed by atoms with Crippen LogP contribution in [0, 0.1) is 17.2 Å². The number of carboxylic acid groups (broad SMARTS) is 1. The number of carboxylic acids is 1. The van der Waals surface area contributed by atoms with Crippen LogP contribution in [0.4, 0.5) is 5.69 Å². The first-order chi connectivity index (χ1) is 8.43. The third-order valence-corrected chi connectivity index (χ3v) is 2.83. The highest BCUT2D eigenvalue weighted by atomic mass is 79.9. The Hall–Kier alpha value is -1.54. The van der Waals surface area contributed by atoms with Crippen LogP contribution in [0.5, 0.6) is 0 Å². The Morgan fingerprint density at radius 3 is 2.72 bits per heavy atom. The van der Waals surface area contributed by atoms with E-state index in [0.717, 1.165) is 4.47 Å². The molecule has 18 heavy (non-hydrogen) atoms. The monoisotopic (exact) mass is 310 g/mol. The van der Waals surface area contributed by atoms with Gasteiger partial charge < -0.3 is 10.0 Å². The second-order valence-corrected chi connectivity index (χ2v) is 5.36. The summed E-state index contributed by atoms with van der Waals surface area (Å²) in [6.07, 6.45) is 0. The minimum absolute atomic E-state index is 0.108. The van der Waals surface area contributed by atoms with Crippen LogP contribution in [-0.4, -0.2) is 24.2 Å². The lowest BCUT2D eigenvalue weighted by Gasteiger charge is -2.25. The Balaban J connectivity index is 3.14. The number of benzene rings is 1. The summed E-state index contributed by atoms with van der Waals surface area (Å²) in [6, 6.07) is 7.34. The highest BCUT2D eigenvalue weighted by molar-refractivity contribution is 9.10. The molecular formula is C13H15BrN2O2. The molecule has 0 saturated carbocycles. The van der Waals surface area contributed by atoms with E-state index >= 15 is 0 Å². The van der Waals surface area contributed by atoms with E-state index in [1.165, 1.54) is 0 Å². The molecule has 96 valence electrons. The number of carbonyl (C=O) groups is 1. The average Bonchev–Trinajstić information content (AvgIpc) is 2.26. The molecule has 4 nitrogen and oxygen atoms in total. The highest BCUT2D eigenvalue weighted by Crippen LogP contribution is 2.25. The maximum atomic E-state index is 10.9. The molecule has 1 rings (SSSR count). The second-order valence-electron chi connectivity index (χ2n) is 4.44. The number of nitrogens with zero attached hydrogens (tertiary/aromatic N) is 2. The van der Waals surface area contributed by atoms with Gasteiger partial charge in [-0.1, -0.05) is 29.8 Å². The Bertz CT molecular complexity index is 480. The third kappa shape index (κ3) is 4.04. The van der Waals surface area contributed by atoms with Gasteiger partial charge in [-0.15, -0.1) is 0 Å². The van der Waals surface area contributed by atoms with E-state index in [9.17, 15) is 4.79 Å². The fourth-order valence-corrected chi connectivity index (χ4v) is 2.06. The summed E-state index contributed by atoms with van der Waals surface area (Å²) in [4.78, 5) is 12.6. The molecular weight excluding hydrogens is 296 g/mol. The van der Waals surface area contributed by atoms with Crippen molar-refractivity contribution in [2.75, 3.05) is 18.0 Å². The van der Waals surface area contributed by atoms with Gasteiger partial charge in [-0.2, -0.15) is 5.26 Å². The van der Waals surface area contributed by atoms with Crippen LogP contribution in [0.15, 0.2) is 22.7 Å². The van der Waals surface area contributed by atoms with Gasteiger partial charge in [-0.25, -0.2) is 0 Å². The topological polar surface area (TPSA) is 64.3 Å². The number of anilines is 1. The molecule has 0 aromatic heterocycles. The molecule has 0 spiro atoms. The van der Waals surface area contributed by atoms with E-state index in [2.05, 4.69) is 22.0 Å². The minimum Gasteiger partial charge on any atom is -0.480 e. The first-order valence-corrected chi connectivity index (χ1v) is 6.39. The lowest BCUT2D eigenvalue weighted by molar-refractivity contribution is -0.135. The first kappa shape index (κ1) is 14.5. The Labute approximate surface area is 115 Å². The molecule has 0 saturated heterocycles. The van der Waals surface area contributed by atoms with Gasteiger partial charge in [0.2, 0.25) is 0 Å². The largest absolute Gasteiger partial charge is 0.480 e. The van der Waals surface area contributed by atoms with Crippen molar-refractivity contribution in [1.29, 1.82) is 5.26 Å². The highest BCUT2D eigenvalue weighted by Gasteiger charge is 2.16. The van der Waals surface area contributed by atoms with Crippen molar-refractivity contribution in [3.63, 3.8) is 0 Å². The van der Waals surface area contributed by atoms with Crippen LogP contribution in [-0.2, 0) is 4.79 Å². The standard InChI is InChI=1S/C13H15BrN2O2/c1-9(2)7-16(8-13(17)18)12-5-11(14)4-3-10(12)6-15/h3-5,9H,7-8H2,1-2H3,(H,17,18). The molecule has 0 radical (unpaired) electrons. The third-order valence-electron chi connectivity index (χ3n) is 2.33. The van der Waals surface area contributed by atoms with Crippen LogP contribution < -0.4 is 4.90 Å². The molecule has 1 aromatic carbocycles. The summed E-state index contributed by atoms with van der Waals surface area (Å²) < 4.78 is 0.829. The molecule has 0 atom stereocenters. The Morgan fingerprint density at radius 1 is 1.56 bits per heavy atom. The predicted molar refractivity (Wildman–Crippen MR) is 73.5 cm³/mol. The molecule has 1 aromatic rings. The molecule has 0 aliphatic heterocycles. The van der Waals surface area contributed by atoms with E-state index in [1.807, 2.05) is 13.8 Å². The first-order valence-electron chi connectivity index (χ1n) is 5.60. The number of nitriles is 1. The molecule has 0 heterocycles. The van der Waals surface area contributed by atoms with Gasteiger partial charge in [0, 0.05) is 11.0 Å². The van der Waals surface area contributed by atoms with Crippen molar-refractivity contribution in [3.05, 3.63) is 28.2 Å². The Kier molecular flexibility index (Phi) is 5.17. The van der Waals surface area contributed by atoms with Gasteiger partial charge in [0.1, 0.15) is 12.6 Å². The van der Waals surface area contributed by atoms with E-state index < -0.39 is 5.97 Å². The van der Waals surface area contributed by atoms with Crippen LogP contribution in [0.1, 0.15) is 19.4 Å². The summed E-state index contributed by atoms with van der Waals surface area (Å²) in [5.41, 5.74) is 1.14. The maximum Gasteiger partial charge on any atom is 0.323 e. The minimum atomic E-state index is -0.903. The zero-order valence-corrected chi connectivity index (χ0v) is 11.9. The summed E-state index contributed by atoms with van der Waals surface area (Å²) >= 11 is 3.34. The SMILES string of the molecule is CC(C)CN(CC(=O)O)c1cc(Br)ccc1C#N. The van der Waals surface area contributed by atoms with E-state index in [1.54, 1.807) is 23.1 Å². The van der Waals surface area contributed by atoms with Gasteiger partial charge in [-0.05, 0) is 24.1 Å². The van der Waals surface area contributed by atoms with Crippen LogP contribution in [0.3, 0.4) is 0 Å². The van der Waals surface area contributed by atoms with Gasteiger partial charge >= 0.3 is 5.97 Å². The number of aliphatic carboxylic acids is 1. The van der Waals surface area contributed by atoms with E-state index in [-0.39, 0.29) is 6.54 Å². The van der Waals surface area contributed by atoms with Crippen LogP contribution in [0.25, 0.3) is 0 Å². The van der Waals surface area contributed by atoms with Crippen LogP contribution in [0.2, 0.25) is 0 Å². The van der Waals surface area contributed by atoms with Crippen molar-refractivity contribution < 1.29 is 9.90 Å². The van der Waals surface area contributed by atoms with E-state index in [0.29, 0.717) is 23.7 Å². The van der Waals surface area contributed by atoms with Crippen molar-refractivity contribution in [2.24, 2.45) is 5.92 Å².